The predicted octanol–water partition coefficient (Wildman–Crippen LogP) is 2.58. The van der Waals surface area contributed by atoms with Gasteiger partial charge in [-0.3, -0.25) is 4.68 Å². The average Bonchev–Trinajstić information content (AvgIpc) is 2.85. The first kappa shape index (κ1) is 11.6. The summed E-state index contributed by atoms with van der Waals surface area (Å²) < 4.78 is 7.99. The molecule has 1 saturated heterocycles. The second-order valence-corrected chi connectivity index (χ2v) is 4.66. The van der Waals surface area contributed by atoms with Crippen molar-refractivity contribution in [2.24, 2.45) is 0 Å². The Labute approximate surface area is 97.8 Å². The molecule has 0 aliphatic carbocycles. The second kappa shape index (κ2) is 5.00. The zero-order chi connectivity index (χ0) is 11.5. The van der Waals surface area contributed by atoms with Gasteiger partial charge in [0, 0.05) is 5.69 Å². The van der Waals surface area contributed by atoms with E-state index in [4.69, 9.17) is 4.74 Å². The van der Waals surface area contributed by atoms with E-state index in [9.17, 15) is 0 Å². The topological polar surface area (TPSA) is 27.1 Å². The van der Waals surface area contributed by atoms with Crippen molar-refractivity contribution < 1.29 is 4.74 Å². The third kappa shape index (κ3) is 2.46. The van der Waals surface area contributed by atoms with E-state index >= 15 is 0 Å². The van der Waals surface area contributed by atoms with Gasteiger partial charge in [0.25, 0.3) is 0 Å². The minimum absolute atomic E-state index is 0.366. The summed E-state index contributed by atoms with van der Waals surface area (Å²) in [6.45, 7) is 7.42. The lowest BCUT2D eigenvalue weighted by Crippen LogP contribution is -2.19. The Morgan fingerprint density at radius 1 is 1.38 bits per heavy atom. The highest BCUT2D eigenvalue weighted by molar-refractivity contribution is 5.10. The zero-order valence-electron chi connectivity index (χ0n) is 10.6. The van der Waals surface area contributed by atoms with Crippen molar-refractivity contribution in [2.45, 2.75) is 65.2 Å². The molecule has 1 aliphatic rings. The molecule has 1 aromatic rings. The van der Waals surface area contributed by atoms with Crippen LogP contribution < -0.4 is 0 Å². The quantitative estimate of drug-likeness (QED) is 0.783. The molecule has 3 nitrogen and oxygen atoms in total. The van der Waals surface area contributed by atoms with Gasteiger partial charge >= 0.3 is 0 Å². The summed E-state index contributed by atoms with van der Waals surface area (Å²) in [5.41, 5.74) is 2.53. The molecule has 2 atom stereocenters. The van der Waals surface area contributed by atoms with E-state index in [0.717, 1.165) is 19.4 Å². The van der Waals surface area contributed by atoms with Gasteiger partial charge in [0.1, 0.15) is 0 Å². The molecule has 2 heterocycles. The minimum Gasteiger partial charge on any atom is -0.373 e. The summed E-state index contributed by atoms with van der Waals surface area (Å²) in [5.74, 6) is 0. The van der Waals surface area contributed by atoms with Crippen LogP contribution in [0.3, 0.4) is 0 Å². The van der Waals surface area contributed by atoms with Gasteiger partial charge in [0.2, 0.25) is 0 Å². The number of nitrogens with zero attached hydrogens (tertiary/aromatic N) is 2. The second-order valence-electron chi connectivity index (χ2n) is 4.66. The third-order valence-corrected chi connectivity index (χ3v) is 3.33. The van der Waals surface area contributed by atoms with Gasteiger partial charge < -0.3 is 4.74 Å². The highest BCUT2D eigenvalue weighted by Crippen LogP contribution is 2.21. The molecular formula is C13H22N2O. The summed E-state index contributed by atoms with van der Waals surface area (Å²) in [7, 11) is 0. The zero-order valence-corrected chi connectivity index (χ0v) is 10.6. The largest absolute Gasteiger partial charge is 0.373 e. The normalized spacial score (nSPS) is 25.2. The van der Waals surface area contributed by atoms with Crippen LogP contribution in [0.1, 0.15) is 45.0 Å². The summed E-state index contributed by atoms with van der Waals surface area (Å²) in [6.07, 6.45) is 5.22. The van der Waals surface area contributed by atoms with E-state index in [0.29, 0.717) is 12.2 Å². The van der Waals surface area contributed by atoms with E-state index < -0.39 is 0 Å². The Morgan fingerprint density at radius 3 is 2.75 bits per heavy atom. The number of aromatic nitrogens is 2. The molecule has 90 valence electrons. The van der Waals surface area contributed by atoms with Crippen LogP contribution in [0.25, 0.3) is 0 Å². The third-order valence-electron chi connectivity index (χ3n) is 3.33. The Morgan fingerprint density at radius 2 is 2.19 bits per heavy atom. The van der Waals surface area contributed by atoms with Gasteiger partial charge in [-0.05, 0) is 38.7 Å². The van der Waals surface area contributed by atoms with Crippen LogP contribution >= 0.6 is 0 Å². The average molecular weight is 222 g/mol. The first-order chi connectivity index (χ1) is 7.72. The lowest BCUT2D eigenvalue weighted by atomic mass is 10.2. The molecule has 0 aromatic carbocycles. The standard InChI is InChI=1S/C13H22N2O/c1-4-11-8-12(5-2)15(14-11)9-13-7-6-10(3)16-13/h8,10,13H,4-7,9H2,1-3H3. The fraction of sp³-hybridized carbons (Fsp3) is 0.769. The lowest BCUT2D eigenvalue weighted by molar-refractivity contribution is 0.0431. The molecule has 1 aliphatic heterocycles. The molecule has 0 spiro atoms. The maximum absolute atomic E-state index is 5.85. The smallest absolute Gasteiger partial charge is 0.0775 e. The molecule has 3 heteroatoms. The van der Waals surface area contributed by atoms with Gasteiger partial charge in [-0.15, -0.1) is 0 Å². The SMILES string of the molecule is CCc1cc(CC)n(CC2CCC(C)O2)n1. The van der Waals surface area contributed by atoms with Crippen molar-refractivity contribution in [3.05, 3.63) is 17.5 Å². The number of hydrogen-bond donors (Lipinski definition) is 0. The molecule has 2 rings (SSSR count). The van der Waals surface area contributed by atoms with Gasteiger partial charge in [0.15, 0.2) is 0 Å². The van der Waals surface area contributed by atoms with Crippen LogP contribution in [0.4, 0.5) is 0 Å². The van der Waals surface area contributed by atoms with Crippen molar-refractivity contribution in [3.63, 3.8) is 0 Å². The van der Waals surface area contributed by atoms with Crippen molar-refractivity contribution >= 4 is 0 Å². The van der Waals surface area contributed by atoms with Crippen LogP contribution in [0.5, 0.6) is 0 Å². The van der Waals surface area contributed by atoms with Gasteiger partial charge in [0.05, 0.1) is 24.4 Å². The molecule has 16 heavy (non-hydrogen) atoms. The number of rotatable bonds is 4. The lowest BCUT2D eigenvalue weighted by Gasteiger charge is -2.13. The monoisotopic (exact) mass is 222 g/mol. The molecule has 0 N–H and O–H groups in total. The van der Waals surface area contributed by atoms with Crippen molar-refractivity contribution in [3.8, 4) is 0 Å². The molecule has 0 amide bonds. The number of ether oxygens (including phenoxy) is 1. The molecule has 2 unspecified atom stereocenters. The van der Waals surface area contributed by atoms with E-state index in [-0.39, 0.29) is 0 Å². The first-order valence-electron chi connectivity index (χ1n) is 6.44. The molecule has 0 radical (unpaired) electrons. The predicted molar refractivity (Wildman–Crippen MR) is 64.6 cm³/mol. The van der Waals surface area contributed by atoms with E-state index in [1.807, 2.05) is 0 Å². The van der Waals surface area contributed by atoms with Crippen LogP contribution in [0.2, 0.25) is 0 Å². The van der Waals surface area contributed by atoms with Crippen LogP contribution in [0, 0.1) is 0 Å². The highest BCUT2D eigenvalue weighted by atomic mass is 16.5. The first-order valence-corrected chi connectivity index (χ1v) is 6.44. The Hall–Kier alpha value is -0.830. The van der Waals surface area contributed by atoms with Gasteiger partial charge in [-0.1, -0.05) is 13.8 Å². The summed E-state index contributed by atoms with van der Waals surface area (Å²) in [4.78, 5) is 0. The van der Waals surface area contributed by atoms with Gasteiger partial charge in [-0.2, -0.15) is 5.10 Å². The number of hydrogen-bond acceptors (Lipinski definition) is 2. The maximum atomic E-state index is 5.85. The Bertz CT molecular complexity index is 346. The fourth-order valence-electron chi connectivity index (χ4n) is 2.34. The van der Waals surface area contributed by atoms with Crippen molar-refractivity contribution in [2.75, 3.05) is 0 Å². The molecular weight excluding hydrogens is 200 g/mol. The van der Waals surface area contributed by atoms with E-state index in [1.165, 1.54) is 24.2 Å². The number of aryl methyl sites for hydroxylation is 2. The van der Waals surface area contributed by atoms with Crippen molar-refractivity contribution in [1.29, 1.82) is 0 Å². The van der Waals surface area contributed by atoms with E-state index in [2.05, 4.69) is 36.6 Å². The molecule has 1 aromatic heterocycles. The van der Waals surface area contributed by atoms with Crippen molar-refractivity contribution in [1.82, 2.24) is 9.78 Å². The van der Waals surface area contributed by atoms with Gasteiger partial charge in [-0.25, -0.2) is 0 Å². The Kier molecular flexibility index (Phi) is 3.64. The molecule has 0 saturated carbocycles. The maximum Gasteiger partial charge on any atom is 0.0775 e. The van der Waals surface area contributed by atoms with Crippen LogP contribution in [0.15, 0.2) is 6.07 Å². The van der Waals surface area contributed by atoms with E-state index in [1.54, 1.807) is 0 Å². The molecule has 1 fully saturated rings. The molecule has 0 bridgehead atoms. The van der Waals surface area contributed by atoms with Crippen LogP contribution in [-0.4, -0.2) is 22.0 Å². The Balaban J connectivity index is 2.05. The van der Waals surface area contributed by atoms with Crippen LogP contribution in [-0.2, 0) is 24.1 Å². The summed E-state index contributed by atoms with van der Waals surface area (Å²) in [6, 6.07) is 2.22. The minimum atomic E-state index is 0.366. The summed E-state index contributed by atoms with van der Waals surface area (Å²) in [5, 5.41) is 4.62. The fourth-order valence-corrected chi connectivity index (χ4v) is 2.34. The highest BCUT2D eigenvalue weighted by Gasteiger charge is 2.23. The summed E-state index contributed by atoms with van der Waals surface area (Å²) >= 11 is 0.